The van der Waals surface area contributed by atoms with E-state index in [2.05, 4.69) is 49.1 Å². The van der Waals surface area contributed by atoms with Gasteiger partial charge in [-0.25, -0.2) is 8.42 Å². The average molecular weight is 387 g/mol. The Morgan fingerprint density at radius 1 is 1.12 bits per heavy atom. The number of amidine groups is 1. The van der Waals surface area contributed by atoms with Crippen LogP contribution in [0.25, 0.3) is 0 Å². The van der Waals surface area contributed by atoms with Crippen molar-refractivity contribution in [1.29, 1.82) is 0 Å². The van der Waals surface area contributed by atoms with E-state index in [1.54, 1.807) is 11.8 Å². The van der Waals surface area contributed by atoms with Gasteiger partial charge in [-0.3, -0.25) is 4.99 Å². The summed E-state index contributed by atoms with van der Waals surface area (Å²) in [6.45, 7) is 4.96. The van der Waals surface area contributed by atoms with Gasteiger partial charge in [0.25, 0.3) is 0 Å². The Kier molecular flexibility index (Phi) is 4.57. The van der Waals surface area contributed by atoms with E-state index >= 15 is 0 Å². The molecule has 2 aromatic carbocycles. The lowest BCUT2D eigenvalue weighted by Crippen LogP contribution is -2.28. The van der Waals surface area contributed by atoms with E-state index in [9.17, 15) is 8.42 Å². The minimum Gasteiger partial charge on any atom is -0.317 e. The first-order valence-electron chi connectivity index (χ1n) is 8.75. The topological polar surface area (TPSA) is 49.7 Å². The van der Waals surface area contributed by atoms with E-state index < -0.39 is 9.84 Å². The van der Waals surface area contributed by atoms with Crippen molar-refractivity contribution in [3.63, 3.8) is 0 Å². The van der Waals surface area contributed by atoms with Gasteiger partial charge >= 0.3 is 0 Å². The fraction of sp³-hybridized carbons (Fsp3) is 0.350. The van der Waals surface area contributed by atoms with Crippen molar-refractivity contribution in [2.75, 3.05) is 16.4 Å². The van der Waals surface area contributed by atoms with E-state index in [1.807, 2.05) is 18.2 Å². The number of nitrogens with zero attached hydrogens (tertiary/aromatic N) is 2. The highest BCUT2D eigenvalue weighted by molar-refractivity contribution is 8.15. The predicted octanol–water partition coefficient (Wildman–Crippen LogP) is 3.58. The molecule has 136 valence electrons. The number of anilines is 1. The summed E-state index contributed by atoms with van der Waals surface area (Å²) in [7, 11) is -2.94. The quantitative estimate of drug-likeness (QED) is 0.809. The first kappa shape index (κ1) is 17.6. The van der Waals surface area contributed by atoms with Gasteiger partial charge in [0.15, 0.2) is 15.0 Å². The third kappa shape index (κ3) is 3.53. The van der Waals surface area contributed by atoms with Crippen molar-refractivity contribution in [3.8, 4) is 0 Å². The zero-order valence-electron chi connectivity index (χ0n) is 14.9. The third-order valence-electron chi connectivity index (χ3n) is 4.94. The molecular formula is C20H22N2O2S2. The number of fused-ring (bicyclic) bond motifs is 1. The molecule has 0 aromatic heterocycles. The minimum atomic E-state index is -2.94. The van der Waals surface area contributed by atoms with Crippen LogP contribution in [0.3, 0.4) is 0 Å². The Labute approximate surface area is 159 Å². The first-order chi connectivity index (χ1) is 12.4. The summed E-state index contributed by atoms with van der Waals surface area (Å²) in [5.74, 6) is 0.418. The monoisotopic (exact) mass is 386 g/mol. The highest BCUT2D eigenvalue weighted by Gasteiger charge is 2.44. The van der Waals surface area contributed by atoms with Crippen LogP contribution in [-0.4, -0.2) is 36.4 Å². The fourth-order valence-electron chi connectivity index (χ4n) is 3.49. The Balaban J connectivity index is 1.68. The Morgan fingerprint density at radius 3 is 2.62 bits per heavy atom. The van der Waals surface area contributed by atoms with E-state index in [0.29, 0.717) is 0 Å². The smallest absolute Gasteiger partial charge is 0.164 e. The van der Waals surface area contributed by atoms with Crippen LogP contribution in [0.15, 0.2) is 53.5 Å². The second kappa shape index (κ2) is 6.74. The zero-order valence-corrected chi connectivity index (χ0v) is 16.6. The van der Waals surface area contributed by atoms with Gasteiger partial charge in [0.2, 0.25) is 0 Å². The molecule has 1 saturated heterocycles. The van der Waals surface area contributed by atoms with E-state index in [-0.39, 0.29) is 22.8 Å². The van der Waals surface area contributed by atoms with Crippen molar-refractivity contribution in [3.05, 3.63) is 65.2 Å². The summed E-state index contributed by atoms with van der Waals surface area (Å²) in [4.78, 5) is 7.02. The highest BCUT2D eigenvalue weighted by Crippen LogP contribution is 2.37. The molecule has 0 radical (unpaired) electrons. The van der Waals surface area contributed by atoms with Crippen molar-refractivity contribution >= 4 is 32.5 Å². The van der Waals surface area contributed by atoms with Crippen LogP contribution in [0, 0.1) is 13.8 Å². The van der Waals surface area contributed by atoms with Gasteiger partial charge in [0, 0.05) is 10.9 Å². The molecule has 6 heteroatoms. The maximum atomic E-state index is 11.9. The normalized spacial score (nSPS) is 23.5. The number of aryl methyl sites for hydroxylation is 2. The Bertz CT molecular complexity index is 955. The molecule has 4 nitrogen and oxygen atoms in total. The third-order valence-corrected chi connectivity index (χ3v) is 8.18. The predicted molar refractivity (Wildman–Crippen MR) is 110 cm³/mol. The van der Waals surface area contributed by atoms with Crippen LogP contribution >= 0.6 is 11.8 Å². The molecule has 0 saturated carbocycles. The van der Waals surface area contributed by atoms with E-state index in [4.69, 9.17) is 4.99 Å². The second-order valence-electron chi connectivity index (χ2n) is 7.06. The van der Waals surface area contributed by atoms with Crippen LogP contribution in [0.4, 0.5) is 5.69 Å². The fourth-order valence-corrected chi connectivity index (χ4v) is 7.27. The van der Waals surface area contributed by atoms with Crippen LogP contribution in [-0.2, 0) is 16.4 Å². The molecule has 2 heterocycles. The van der Waals surface area contributed by atoms with E-state index in [0.717, 1.165) is 17.4 Å². The Morgan fingerprint density at radius 2 is 1.88 bits per heavy atom. The van der Waals surface area contributed by atoms with Crippen LogP contribution < -0.4 is 4.90 Å². The van der Waals surface area contributed by atoms with E-state index in [1.165, 1.54) is 16.7 Å². The summed E-state index contributed by atoms with van der Waals surface area (Å²) in [6, 6.07) is 16.6. The molecule has 2 aliphatic heterocycles. The maximum Gasteiger partial charge on any atom is 0.164 e. The largest absolute Gasteiger partial charge is 0.317 e. The minimum absolute atomic E-state index is 0.0554. The van der Waals surface area contributed by atoms with Crippen molar-refractivity contribution in [2.45, 2.75) is 31.7 Å². The number of hydrogen-bond acceptors (Lipinski definition) is 5. The van der Waals surface area contributed by atoms with Gasteiger partial charge in [-0.2, -0.15) is 0 Å². The van der Waals surface area contributed by atoms with Crippen LogP contribution in [0.1, 0.15) is 16.7 Å². The number of aliphatic imine (C=N–C) groups is 1. The van der Waals surface area contributed by atoms with Crippen molar-refractivity contribution in [1.82, 2.24) is 0 Å². The van der Waals surface area contributed by atoms with Crippen molar-refractivity contribution in [2.24, 2.45) is 4.99 Å². The number of rotatable bonds is 3. The number of sulfone groups is 1. The molecule has 0 spiro atoms. The van der Waals surface area contributed by atoms with Gasteiger partial charge in [0.1, 0.15) is 0 Å². The molecule has 26 heavy (non-hydrogen) atoms. The van der Waals surface area contributed by atoms with Gasteiger partial charge in [-0.1, -0.05) is 53.7 Å². The number of hydrogen-bond donors (Lipinski definition) is 0. The van der Waals surface area contributed by atoms with Gasteiger partial charge in [-0.05, 0) is 37.1 Å². The summed E-state index contributed by atoms with van der Waals surface area (Å²) < 4.78 is 23.7. The first-order valence-corrected chi connectivity index (χ1v) is 11.4. The van der Waals surface area contributed by atoms with Gasteiger partial charge in [-0.15, -0.1) is 0 Å². The molecular weight excluding hydrogens is 364 g/mol. The molecule has 2 aliphatic rings. The summed E-state index contributed by atoms with van der Waals surface area (Å²) in [5.41, 5.74) is 4.84. The van der Waals surface area contributed by atoms with Gasteiger partial charge in [0.05, 0.1) is 24.1 Å². The average Bonchev–Trinajstić information content (AvgIpc) is 3.09. The maximum absolute atomic E-state index is 11.9. The summed E-state index contributed by atoms with van der Waals surface area (Å²) in [6.07, 6.45) is 0. The van der Waals surface area contributed by atoms with Crippen LogP contribution in [0.2, 0.25) is 0 Å². The number of thioether (sulfide) groups is 1. The standard InChI is InChI=1S/C20H22N2O2S2/c1-14-8-9-15(2)16(10-14)11-22(17-6-4-3-5-7-17)20-21-18-12-26(23,24)13-19(18)25-20/h3-10,18-19H,11-13H2,1-2H3/t18-,19+/m1/s1. The molecule has 0 unspecified atom stereocenters. The Hall–Kier alpha value is -1.79. The molecule has 0 bridgehead atoms. The van der Waals surface area contributed by atoms with Crippen LogP contribution in [0.5, 0.6) is 0 Å². The molecule has 0 amide bonds. The number of benzene rings is 2. The molecule has 2 atom stereocenters. The summed E-state index contributed by atoms with van der Waals surface area (Å²) in [5, 5.41) is 0.988. The SMILES string of the molecule is Cc1ccc(C)c(CN(C2=N[C@@H]3CS(=O)(=O)C[C@@H]3S2)c2ccccc2)c1. The lowest BCUT2D eigenvalue weighted by molar-refractivity contribution is 0.601. The lowest BCUT2D eigenvalue weighted by atomic mass is 10.1. The molecule has 2 aromatic rings. The summed E-state index contributed by atoms with van der Waals surface area (Å²) >= 11 is 1.61. The molecule has 0 aliphatic carbocycles. The highest BCUT2D eigenvalue weighted by atomic mass is 32.2. The molecule has 0 N–H and O–H groups in total. The van der Waals surface area contributed by atoms with Crippen molar-refractivity contribution < 1.29 is 8.42 Å². The number of para-hydroxylation sites is 1. The lowest BCUT2D eigenvalue weighted by Gasteiger charge is -2.25. The molecule has 1 fully saturated rings. The van der Waals surface area contributed by atoms with Gasteiger partial charge < -0.3 is 4.90 Å². The molecule has 4 rings (SSSR count). The second-order valence-corrected chi connectivity index (χ2v) is 10.4. The zero-order chi connectivity index (χ0) is 18.3.